The van der Waals surface area contributed by atoms with E-state index in [0.29, 0.717) is 19.0 Å². The molecule has 9 heteroatoms. The van der Waals surface area contributed by atoms with Crippen LogP contribution in [0.3, 0.4) is 0 Å². The molecule has 6 rings (SSSR count). The molecule has 35 heavy (non-hydrogen) atoms. The third-order valence-corrected chi connectivity index (χ3v) is 7.73. The standard InChI is InChI=1S/C26H34N8O/c1-17(2)18-6-10-33(11-7-18)16-21-29-23-25(32(21)3)30-24(31-26(23)34-12-14-35-15-13-34)22-19-4-8-27-20(19)5-9-28-22/h4-5,8-9,17-18,27H,6-7,10-16H2,1-3H3. The van der Waals surface area contributed by atoms with E-state index in [0.717, 1.165) is 84.0 Å². The first-order valence-electron chi connectivity index (χ1n) is 12.8. The summed E-state index contributed by atoms with van der Waals surface area (Å²) in [5.41, 5.74) is 3.55. The van der Waals surface area contributed by atoms with E-state index >= 15 is 0 Å². The number of imidazole rings is 1. The van der Waals surface area contributed by atoms with Gasteiger partial charge in [0.25, 0.3) is 0 Å². The number of piperidine rings is 1. The summed E-state index contributed by atoms with van der Waals surface area (Å²) in [4.78, 5) is 27.9. The van der Waals surface area contributed by atoms with Crippen LogP contribution in [0.25, 0.3) is 33.6 Å². The molecule has 2 saturated heterocycles. The van der Waals surface area contributed by atoms with Crippen LogP contribution in [0.2, 0.25) is 0 Å². The van der Waals surface area contributed by atoms with E-state index in [1.54, 1.807) is 0 Å². The van der Waals surface area contributed by atoms with Gasteiger partial charge in [-0.3, -0.25) is 9.88 Å². The van der Waals surface area contributed by atoms with Crippen molar-refractivity contribution in [2.75, 3.05) is 44.3 Å². The average molecular weight is 475 g/mol. The summed E-state index contributed by atoms with van der Waals surface area (Å²) in [6.45, 7) is 10.7. The maximum Gasteiger partial charge on any atom is 0.183 e. The lowest BCUT2D eigenvalue weighted by atomic mass is 9.87. The number of morpholine rings is 1. The Morgan fingerprint density at radius 1 is 1.06 bits per heavy atom. The first-order valence-corrected chi connectivity index (χ1v) is 12.8. The highest BCUT2D eigenvalue weighted by Gasteiger charge is 2.26. The second-order valence-electron chi connectivity index (χ2n) is 10.2. The summed E-state index contributed by atoms with van der Waals surface area (Å²) in [7, 11) is 2.08. The molecule has 0 aliphatic carbocycles. The number of anilines is 1. The van der Waals surface area contributed by atoms with Gasteiger partial charge in [0.1, 0.15) is 11.5 Å². The molecule has 0 bridgehead atoms. The summed E-state index contributed by atoms with van der Waals surface area (Å²) >= 11 is 0. The molecule has 0 unspecified atom stereocenters. The van der Waals surface area contributed by atoms with Gasteiger partial charge in [0.05, 0.1) is 19.8 Å². The zero-order chi connectivity index (χ0) is 23.9. The zero-order valence-electron chi connectivity index (χ0n) is 20.9. The van der Waals surface area contributed by atoms with Gasteiger partial charge in [0.15, 0.2) is 22.8 Å². The fourth-order valence-corrected chi connectivity index (χ4v) is 5.47. The number of pyridine rings is 1. The monoisotopic (exact) mass is 474 g/mol. The van der Waals surface area contributed by atoms with Crippen molar-refractivity contribution in [2.24, 2.45) is 18.9 Å². The number of fused-ring (bicyclic) bond motifs is 2. The fraction of sp³-hybridized carbons (Fsp3) is 0.538. The van der Waals surface area contributed by atoms with E-state index in [1.165, 1.54) is 12.8 Å². The van der Waals surface area contributed by atoms with E-state index in [9.17, 15) is 0 Å². The smallest absolute Gasteiger partial charge is 0.183 e. The van der Waals surface area contributed by atoms with Crippen LogP contribution < -0.4 is 4.90 Å². The predicted molar refractivity (Wildman–Crippen MR) is 137 cm³/mol. The summed E-state index contributed by atoms with van der Waals surface area (Å²) in [6, 6.07) is 4.01. The second kappa shape index (κ2) is 9.20. The maximum atomic E-state index is 5.62. The van der Waals surface area contributed by atoms with Crippen LogP contribution in [0.15, 0.2) is 24.5 Å². The Morgan fingerprint density at radius 3 is 2.63 bits per heavy atom. The van der Waals surface area contributed by atoms with Crippen molar-refractivity contribution >= 4 is 27.9 Å². The van der Waals surface area contributed by atoms with Crippen LogP contribution in [0.5, 0.6) is 0 Å². The minimum absolute atomic E-state index is 0.636. The van der Waals surface area contributed by atoms with Gasteiger partial charge >= 0.3 is 0 Å². The number of hydrogen-bond acceptors (Lipinski definition) is 7. The van der Waals surface area contributed by atoms with Crippen LogP contribution in [0, 0.1) is 11.8 Å². The van der Waals surface area contributed by atoms with Crippen molar-refractivity contribution < 1.29 is 4.74 Å². The summed E-state index contributed by atoms with van der Waals surface area (Å²) in [6.07, 6.45) is 6.27. The summed E-state index contributed by atoms with van der Waals surface area (Å²) in [5, 5.41) is 1.02. The zero-order valence-corrected chi connectivity index (χ0v) is 20.9. The van der Waals surface area contributed by atoms with Gasteiger partial charge in [-0.2, -0.15) is 0 Å². The van der Waals surface area contributed by atoms with Gasteiger partial charge in [0.2, 0.25) is 0 Å². The molecule has 2 fully saturated rings. The number of ether oxygens (including phenoxy) is 1. The van der Waals surface area contributed by atoms with E-state index in [-0.39, 0.29) is 0 Å². The highest BCUT2D eigenvalue weighted by atomic mass is 16.5. The average Bonchev–Trinajstić information content (AvgIpc) is 3.49. The minimum Gasteiger partial charge on any atom is -0.378 e. The van der Waals surface area contributed by atoms with Crippen LogP contribution in [0.4, 0.5) is 5.82 Å². The van der Waals surface area contributed by atoms with E-state index in [2.05, 4.69) is 45.2 Å². The highest BCUT2D eigenvalue weighted by molar-refractivity contribution is 5.93. The van der Waals surface area contributed by atoms with Gasteiger partial charge in [-0.25, -0.2) is 15.0 Å². The molecule has 0 atom stereocenters. The summed E-state index contributed by atoms with van der Waals surface area (Å²) < 4.78 is 7.77. The third-order valence-electron chi connectivity index (χ3n) is 7.73. The van der Waals surface area contributed by atoms with Gasteiger partial charge in [-0.15, -0.1) is 0 Å². The van der Waals surface area contributed by atoms with Crippen LogP contribution in [-0.4, -0.2) is 73.8 Å². The number of likely N-dealkylation sites (tertiary alicyclic amines) is 1. The van der Waals surface area contributed by atoms with E-state index in [4.69, 9.17) is 19.7 Å². The topological polar surface area (TPSA) is 88.0 Å². The Bertz CT molecular complexity index is 1330. The van der Waals surface area contributed by atoms with Gasteiger partial charge in [0, 0.05) is 43.4 Å². The van der Waals surface area contributed by atoms with Crippen molar-refractivity contribution in [3.8, 4) is 11.5 Å². The Hall–Kier alpha value is -3.04. The molecule has 0 spiro atoms. The van der Waals surface area contributed by atoms with E-state index in [1.807, 2.05) is 24.5 Å². The molecule has 0 aromatic carbocycles. The van der Waals surface area contributed by atoms with Crippen molar-refractivity contribution in [2.45, 2.75) is 33.2 Å². The molecule has 6 heterocycles. The molecular weight excluding hydrogens is 440 g/mol. The first-order chi connectivity index (χ1) is 17.1. The lowest BCUT2D eigenvalue weighted by Crippen LogP contribution is -2.37. The molecule has 184 valence electrons. The Morgan fingerprint density at radius 2 is 1.86 bits per heavy atom. The molecule has 4 aromatic heterocycles. The normalized spacial score (nSPS) is 18.3. The lowest BCUT2D eigenvalue weighted by molar-refractivity contribution is 0.122. The number of H-pyrrole nitrogens is 1. The fourth-order valence-electron chi connectivity index (χ4n) is 5.47. The molecule has 2 aliphatic rings. The quantitative estimate of drug-likeness (QED) is 0.473. The number of hydrogen-bond donors (Lipinski definition) is 1. The number of nitrogens with one attached hydrogen (secondary N) is 1. The van der Waals surface area contributed by atoms with Gasteiger partial charge < -0.3 is 19.2 Å². The van der Waals surface area contributed by atoms with Crippen molar-refractivity contribution in [3.05, 3.63) is 30.4 Å². The lowest BCUT2D eigenvalue weighted by Gasteiger charge is -2.33. The molecule has 4 aromatic rings. The molecule has 0 amide bonds. The molecular formula is C26H34N8O. The number of rotatable bonds is 5. The van der Waals surface area contributed by atoms with Crippen molar-refractivity contribution in [1.82, 2.24) is 34.4 Å². The van der Waals surface area contributed by atoms with Gasteiger partial charge in [-0.05, 0) is 49.9 Å². The third kappa shape index (κ3) is 4.16. The maximum absolute atomic E-state index is 5.62. The minimum atomic E-state index is 0.636. The Kier molecular flexibility index (Phi) is 5.89. The molecule has 0 radical (unpaired) electrons. The molecule has 1 N–H and O–H groups in total. The molecule has 0 saturated carbocycles. The molecule has 9 nitrogen and oxygen atoms in total. The largest absolute Gasteiger partial charge is 0.378 e. The molecule has 2 aliphatic heterocycles. The van der Waals surface area contributed by atoms with Crippen molar-refractivity contribution in [3.63, 3.8) is 0 Å². The number of aromatic amines is 1. The van der Waals surface area contributed by atoms with Crippen molar-refractivity contribution in [1.29, 1.82) is 0 Å². The predicted octanol–water partition coefficient (Wildman–Crippen LogP) is 3.61. The SMILES string of the molecule is CC(C)C1CCN(Cc2nc3c(N4CCOCC4)nc(-c4nccc5[nH]ccc45)nc3n2C)CC1. The number of aromatic nitrogens is 6. The van der Waals surface area contributed by atoms with E-state index < -0.39 is 0 Å². The summed E-state index contributed by atoms with van der Waals surface area (Å²) in [5.74, 6) is 4.14. The second-order valence-corrected chi connectivity index (χ2v) is 10.2. The Labute approximate surface area is 205 Å². The highest BCUT2D eigenvalue weighted by Crippen LogP contribution is 2.31. The van der Waals surface area contributed by atoms with Crippen LogP contribution in [-0.2, 0) is 18.3 Å². The number of nitrogens with zero attached hydrogens (tertiary/aromatic N) is 7. The van der Waals surface area contributed by atoms with Crippen LogP contribution in [0.1, 0.15) is 32.5 Å². The van der Waals surface area contributed by atoms with Crippen LogP contribution >= 0.6 is 0 Å². The number of aryl methyl sites for hydroxylation is 1. The first kappa shape index (κ1) is 22.4. The van der Waals surface area contributed by atoms with Gasteiger partial charge in [-0.1, -0.05) is 13.8 Å². The Balaban J connectivity index is 1.41.